The first-order valence-corrected chi connectivity index (χ1v) is 6.71. The minimum atomic E-state index is -0.642. The van der Waals surface area contributed by atoms with Crippen molar-refractivity contribution in [2.45, 2.75) is 38.2 Å². The highest BCUT2D eigenvalue weighted by Crippen LogP contribution is 2.31. The molecular formula is C14H21N3O2. The van der Waals surface area contributed by atoms with Crippen LogP contribution in [0.15, 0.2) is 18.3 Å². The number of amides is 1. The van der Waals surface area contributed by atoms with Crippen molar-refractivity contribution in [1.82, 2.24) is 4.98 Å². The summed E-state index contributed by atoms with van der Waals surface area (Å²) in [7, 11) is 0. The van der Waals surface area contributed by atoms with Crippen molar-refractivity contribution in [3.05, 3.63) is 23.9 Å². The summed E-state index contributed by atoms with van der Waals surface area (Å²) in [4.78, 5) is 15.0. The van der Waals surface area contributed by atoms with Crippen molar-refractivity contribution < 1.29 is 9.90 Å². The molecule has 0 radical (unpaired) electrons. The number of nitrogens with two attached hydrogens (primary N) is 1. The van der Waals surface area contributed by atoms with Crippen LogP contribution in [0.5, 0.6) is 0 Å². The number of aromatic nitrogens is 1. The Labute approximate surface area is 113 Å². The molecule has 1 saturated carbocycles. The molecule has 0 atom stereocenters. The van der Waals surface area contributed by atoms with Gasteiger partial charge in [-0.2, -0.15) is 0 Å². The second-order valence-corrected chi connectivity index (χ2v) is 5.56. The van der Waals surface area contributed by atoms with Gasteiger partial charge < -0.3 is 16.2 Å². The predicted molar refractivity (Wildman–Crippen MR) is 73.8 cm³/mol. The number of carbonyl (C=O) groups is 1. The van der Waals surface area contributed by atoms with Gasteiger partial charge in [-0.1, -0.05) is 6.92 Å². The molecule has 19 heavy (non-hydrogen) atoms. The standard InChI is InChI=1S/C14H21N3O2/c1-10-4-6-14(19,7-5-10)9-17-12-3-2-11(8-16-12)13(15)18/h2-3,8,10,19H,4-7,9H2,1H3,(H2,15,18)(H,16,17). The Morgan fingerprint density at radius 2 is 2.21 bits per heavy atom. The third kappa shape index (κ3) is 3.67. The van der Waals surface area contributed by atoms with E-state index in [0.29, 0.717) is 23.8 Å². The van der Waals surface area contributed by atoms with Gasteiger partial charge >= 0.3 is 0 Å². The van der Waals surface area contributed by atoms with E-state index in [9.17, 15) is 9.90 Å². The van der Waals surface area contributed by atoms with Crippen LogP contribution in [0.1, 0.15) is 43.0 Å². The van der Waals surface area contributed by atoms with E-state index < -0.39 is 11.5 Å². The molecule has 0 saturated heterocycles. The topological polar surface area (TPSA) is 88.2 Å². The zero-order valence-electron chi connectivity index (χ0n) is 11.2. The third-order valence-electron chi connectivity index (χ3n) is 3.85. The molecule has 1 aromatic rings. The molecule has 0 aromatic carbocycles. The van der Waals surface area contributed by atoms with Crippen LogP contribution < -0.4 is 11.1 Å². The summed E-state index contributed by atoms with van der Waals surface area (Å²) in [5.41, 5.74) is 4.89. The molecule has 1 aliphatic carbocycles. The number of hydrogen-bond acceptors (Lipinski definition) is 4. The van der Waals surface area contributed by atoms with Crippen LogP contribution in [0.2, 0.25) is 0 Å². The molecule has 1 fully saturated rings. The molecule has 0 aliphatic heterocycles. The highest BCUT2D eigenvalue weighted by Gasteiger charge is 2.31. The highest BCUT2D eigenvalue weighted by molar-refractivity contribution is 5.92. The van der Waals surface area contributed by atoms with E-state index in [-0.39, 0.29) is 0 Å². The van der Waals surface area contributed by atoms with E-state index >= 15 is 0 Å². The Bertz CT molecular complexity index is 437. The molecule has 4 N–H and O–H groups in total. The minimum Gasteiger partial charge on any atom is -0.388 e. The predicted octanol–water partition coefficient (Wildman–Crippen LogP) is 1.53. The summed E-state index contributed by atoms with van der Waals surface area (Å²) in [5, 5.41) is 13.6. The van der Waals surface area contributed by atoms with Crippen LogP contribution in [0.25, 0.3) is 0 Å². The molecule has 2 rings (SSSR count). The summed E-state index contributed by atoms with van der Waals surface area (Å²) >= 11 is 0. The number of aliphatic hydroxyl groups is 1. The van der Waals surface area contributed by atoms with Crippen molar-refractivity contribution in [2.24, 2.45) is 11.7 Å². The van der Waals surface area contributed by atoms with Gasteiger partial charge in [-0.3, -0.25) is 4.79 Å². The largest absolute Gasteiger partial charge is 0.388 e. The van der Waals surface area contributed by atoms with E-state index in [1.54, 1.807) is 12.1 Å². The van der Waals surface area contributed by atoms with E-state index in [1.165, 1.54) is 6.20 Å². The van der Waals surface area contributed by atoms with Crippen LogP contribution in [-0.2, 0) is 0 Å². The molecule has 0 spiro atoms. The van der Waals surface area contributed by atoms with Crippen LogP contribution in [0, 0.1) is 5.92 Å². The van der Waals surface area contributed by atoms with Gasteiger partial charge in [0.05, 0.1) is 11.2 Å². The lowest BCUT2D eigenvalue weighted by atomic mass is 9.79. The van der Waals surface area contributed by atoms with Gasteiger partial charge in [0.15, 0.2) is 0 Å². The molecule has 1 amide bonds. The first-order valence-electron chi connectivity index (χ1n) is 6.71. The third-order valence-corrected chi connectivity index (χ3v) is 3.85. The molecule has 5 heteroatoms. The maximum atomic E-state index is 10.9. The molecule has 104 valence electrons. The second kappa shape index (κ2) is 5.57. The maximum Gasteiger partial charge on any atom is 0.250 e. The van der Waals surface area contributed by atoms with Crippen LogP contribution >= 0.6 is 0 Å². The summed E-state index contributed by atoms with van der Waals surface area (Å²) in [6, 6.07) is 3.33. The summed E-state index contributed by atoms with van der Waals surface area (Å²) in [6.07, 6.45) is 5.21. The number of nitrogens with one attached hydrogen (secondary N) is 1. The number of nitrogens with zero attached hydrogens (tertiary/aromatic N) is 1. The van der Waals surface area contributed by atoms with Gasteiger partial charge in [0, 0.05) is 12.7 Å². The summed E-state index contributed by atoms with van der Waals surface area (Å²) < 4.78 is 0. The number of carbonyl (C=O) groups excluding carboxylic acids is 1. The lowest BCUT2D eigenvalue weighted by Gasteiger charge is -2.35. The number of pyridine rings is 1. The minimum absolute atomic E-state index is 0.385. The average molecular weight is 263 g/mol. The molecule has 1 aliphatic rings. The Morgan fingerprint density at radius 1 is 1.53 bits per heavy atom. The first-order chi connectivity index (χ1) is 8.98. The number of hydrogen-bond donors (Lipinski definition) is 3. The monoisotopic (exact) mass is 263 g/mol. The fourth-order valence-corrected chi connectivity index (χ4v) is 2.38. The van der Waals surface area contributed by atoms with Gasteiger partial charge in [0.25, 0.3) is 0 Å². The molecule has 0 bridgehead atoms. The van der Waals surface area contributed by atoms with Gasteiger partial charge in [-0.15, -0.1) is 0 Å². The van der Waals surface area contributed by atoms with Crippen molar-refractivity contribution in [3.63, 3.8) is 0 Å². The van der Waals surface area contributed by atoms with Gasteiger partial charge in [0.1, 0.15) is 5.82 Å². The van der Waals surface area contributed by atoms with Gasteiger partial charge in [0.2, 0.25) is 5.91 Å². The summed E-state index contributed by atoms with van der Waals surface area (Å²) in [6.45, 7) is 2.71. The Hall–Kier alpha value is -1.62. The fourth-order valence-electron chi connectivity index (χ4n) is 2.38. The zero-order chi connectivity index (χ0) is 13.9. The van der Waals surface area contributed by atoms with Crippen LogP contribution in [0.3, 0.4) is 0 Å². The first kappa shape index (κ1) is 13.8. The van der Waals surface area contributed by atoms with Crippen molar-refractivity contribution in [3.8, 4) is 0 Å². The Balaban J connectivity index is 1.89. The van der Waals surface area contributed by atoms with Crippen molar-refractivity contribution >= 4 is 11.7 Å². The SMILES string of the molecule is CC1CCC(O)(CNc2ccc(C(N)=O)cn2)CC1. The van der Waals surface area contributed by atoms with E-state index in [4.69, 9.17) is 5.73 Å². The Kier molecular flexibility index (Phi) is 4.04. The van der Waals surface area contributed by atoms with Gasteiger partial charge in [-0.25, -0.2) is 4.98 Å². The number of primary amides is 1. The van der Waals surface area contributed by atoms with Crippen molar-refractivity contribution in [2.75, 3.05) is 11.9 Å². The smallest absolute Gasteiger partial charge is 0.250 e. The second-order valence-electron chi connectivity index (χ2n) is 5.56. The fraction of sp³-hybridized carbons (Fsp3) is 0.571. The van der Waals surface area contributed by atoms with Crippen LogP contribution in [0.4, 0.5) is 5.82 Å². The number of anilines is 1. The zero-order valence-corrected chi connectivity index (χ0v) is 11.2. The molecule has 1 heterocycles. The average Bonchev–Trinajstić information content (AvgIpc) is 2.41. The molecule has 0 unspecified atom stereocenters. The Morgan fingerprint density at radius 3 is 2.74 bits per heavy atom. The van der Waals surface area contributed by atoms with Crippen LogP contribution in [-0.4, -0.2) is 28.1 Å². The molecule has 5 nitrogen and oxygen atoms in total. The quantitative estimate of drug-likeness (QED) is 0.768. The lowest BCUT2D eigenvalue weighted by molar-refractivity contribution is 0.00494. The normalized spacial score (nSPS) is 26.9. The van der Waals surface area contributed by atoms with Gasteiger partial charge in [-0.05, 0) is 43.7 Å². The summed E-state index contributed by atoms with van der Waals surface area (Å²) in [5.74, 6) is 0.865. The number of rotatable bonds is 4. The maximum absolute atomic E-state index is 10.9. The molecular weight excluding hydrogens is 242 g/mol. The lowest BCUT2D eigenvalue weighted by Crippen LogP contribution is -2.40. The van der Waals surface area contributed by atoms with E-state index in [2.05, 4.69) is 17.2 Å². The molecule has 1 aromatic heterocycles. The highest BCUT2D eigenvalue weighted by atomic mass is 16.3. The van der Waals surface area contributed by atoms with E-state index in [1.807, 2.05) is 0 Å². The van der Waals surface area contributed by atoms with Crippen molar-refractivity contribution in [1.29, 1.82) is 0 Å². The van der Waals surface area contributed by atoms with E-state index in [0.717, 1.165) is 25.7 Å².